The van der Waals surface area contributed by atoms with Gasteiger partial charge in [0.25, 0.3) is 0 Å². The maximum absolute atomic E-state index is 6.09. The molecule has 0 bridgehead atoms. The third kappa shape index (κ3) is 3.55. The van der Waals surface area contributed by atoms with Crippen molar-refractivity contribution in [3.63, 3.8) is 0 Å². The summed E-state index contributed by atoms with van der Waals surface area (Å²) in [6.45, 7) is 0.619. The van der Waals surface area contributed by atoms with Crippen molar-refractivity contribution in [3.05, 3.63) is 61.5 Å². The maximum atomic E-state index is 6.09. The largest absolute Gasteiger partial charge is 0.381 e. The summed E-state index contributed by atoms with van der Waals surface area (Å²) < 4.78 is 0.874. The third-order valence-corrected chi connectivity index (χ3v) is 4.24. The quantitative estimate of drug-likeness (QED) is 0.701. The summed E-state index contributed by atoms with van der Waals surface area (Å²) in [7, 11) is 0. The first-order chi connectivity index (χ1) is 8.56. The fourth-order valence-corrected chi connectivity index (χ4v) is 2.37. The topological polar surface area (TPSA) is 12.0 Å². The standard InChI is InChI=1S/C13H9BrCl3N/c14-11-4-3-10(6-13(11)17)18-7-8-1-2-9(15)5-12(8)16/h1-6,18H,7H2. The van der Waals surface area contributed by atoms with Crippen LogP contribution in [0.3, 0.4) is 0 Å². The van der Waals surface area contributed by atoms with Crippen molar-refractivity contribution in [3.8, 4) is 0 Å². The zero-order valence-corrected chi connectivity index (χ0v) is 13.0. The molecule has 0 aliphatic heterocycles. The van der Waals surface area contributed by atoms with Crippen molar-refractivity contribution in [1.82, 2.24) is 0 Å². The molecule has 0 saturated carbocycles. The van der Waals surface area contributed by atoms with E-state index in [1.54, 1.807) is 6.07 Å². The summed E-state index contributed by atoms with van der Waals surface area (Å²) in [5, 5.41) is 5.21. The minimum absolute atomic E-state index is 0.619. The second-order valence-corrected chi connectivity index (χ2v) is 5.82. The van der Waals surface area contributed by atoms with Crippen LogP contribution in [0.4, 0.5) is 5.69 Å². The van der Waals surface area contributed by atoms with E-state index in [0.29, 0.717) is 21.6 Å². The van der Waals surface area contributed by atoms with Gasteiger partial charge in [0.2, 0.25) is 0 Å². The second kappa shape index (κ2) is 6.16. The summed E-state index contributed by atoms with van der Waals surface area (Å²) in [6.07, 6.45) is 0. The molecule has 18 heavy (non-hydrogen) atoms. The molecule has 1 N–H and O–H groups in total. The van der Waals surface area contributed by atoms with E-state index < -0.39 is 0 Å². The zero-order chi connectivity index (χ0) is 13.1. The molecule has 0 unspecified atom stereocenters. The van der Waals surface area contributed by atoms with Gasteiger partial charge in [0.1, 0.15) is 0 Å². The predicted molar refractivity (Wildman–Crippen MR) is 82.9 cm³/mol. The minimum atomic E-state index is 0.619. The number of hydrogen-bond donors (Lipinski definition) is 1. The summed E-state index contributed by atoms with van der Waals surface area (Å²) >= 11 is 21.3. The highest BCUT2D eigenvalue weighted by Gasteiger charge is 2.02. The number of benzene rings is 2. The van der Waals surface area contributed by atoms with Crippen LogP contribution in [0.15, 0.2) is 40.9 Å². The SMILES string of the molecule is Clc1ccc(CNc2ccc(Br)c(Cl)c2)c(Cl)c1. The van der Waals surface area contributed by atoms with Crippen molar-refractivity contribution in [1.29, 1.82) is 0 Å². The number of halogens is 4. The van der Waals surface area contributed by atoms with E-state index in [2.05, 4.69) is 21.2 Å². The predicted octanol–water partition coefficient (Wildman–Crippen LogP) is 6.02. The summed E-state index contributed by atoms with van der Waals surface area (Å²) in [6, 6.07) is 11.1. The van der Waals surface area contributed by atoms with Crippen LogP contribution in [-0.4, -0.2) is 0 Å². The molecule has 0 aliphatic rings. The summed E-state index contributed by atoms with van der Waals surface area (Å²) in [4.78, 5) is 0. The van der Waals surface area contributed by atoms with Gasteiger partial charge < -0.3 is 5.32 Å². The average molecular weight is 365 g/mol. The molecule has 94 valence electrons. The molecule has 0 atom stereocenters. The summed E-state index contributed by atoms with van der Waals surface area (Å²) in [5.41, 5.74) is 1.93. The van der Waals surface area contributed by atoms with Crippen LogP contribution >= 0.6 is 50.7 Å². The van der Waals surface area contributed by atoms with Crippen molar-refractivity contribution < 1.29 is 0 Å². The Morgan fingerprint density at radius 2 is 1.72 bits per heavy atom. The average Bonchev–Trinajstić information content (AvgIpc) is 2.32. The van der Waals surface area contributed by atoms with Crippen molar-refractivity contribution >= 4 is 56.4 Å². The van der Waals surface area contributed by atoms with Gasteiger partial charge in [0, 0.05) is 26.8 Å². The van der Waals surface area contributed by atoms with Crippen LogP contribution in [0.25, 0.3) is 0 Å². The molecule has 1 nitrogen and oxygen atoms in total. The number of rotatable bonds is 3. The van der Waals surface area contributed by atoms with E-state index in [4.69, 9.17) is 34.8 Å². The highest BCUT2D eigenvalue weighted by molar-refractivity contribution is 9.10. The summed E-state index contributed by atoms with van der Waals surface area (Å²) in [5.74, 6) is 0. The van der Waals surface area contributed by atoms with Gasteiger partial charge in [-0.25, -0.2) is 0 Å². The van der Waals surface area contributed by atoms with E-state index in [1.807, 2.05) is 30.3 Å². The molecule has 2 aromatic carbocycles. The van der Waals surface area contributed by atoms with Gasteiger partial charge in [-0.2, -0.15) is 0 Å². The lowest BCUT2D eigenvalue weighted by atomic mass is 10.2. The first-order valence-corrected chi connectivity index (χ1v) is 7.12. The van der Waals surface area contributed by atoms with Crippen LogP contribution in [0.1, 0.15) is 5.56 Å². The van der Waals surface area contributed by atoms with Gasteiger partial charge in [-0.15, -0.1) is 0 Å². The van der Waals surface area contributed by atoms with Crippen LogP contribution < -0.4 is 5.32 Å². The van der Waals surface area contributed by atoms with Crippen molar-refractivity contribution in [2.45, 2.75) is 6.54 Å². The highest BCUT2D eigenvalue weighted by Crippen LogP contribution is 2.26. The Labute approximate surface area is 129 Å². The Kier molecular flexibility index (Phi) is 4.79. The van der Waals surface area contributed by atoms with Crippen LogP contribution in [0.2, 0.25) is 15.1 Å². The number of anilines is 1. The fraction of sp³-hybridized carbons (Fsp3) is 0.0769. The van der Waals surface area contributed by atoms with E-state index in [9.17, 15) is 0 Å². The monoisotopic (exact) mass is 363 g/mol. The van der Waals surface area contributed by atoms with Crippen LogP contribution in [0, 0.1) is 0 Å². The molecule has 0 aromatic heterocycles. The maximum Gasteiger partial charge on any atom is 0.0568 e. The van der Waals surface area contributed by atoms with E-state index in [1.165, 1.54) is 0 Å². The lowest BCUT2D eigenvalue weighted by molar-refractivity contribution is 1.15. The highest BCUT2D eigenvalue weighted by atomic mass is 79.9. The lowest BCUT2D eigenvalue weighted by Crippen LogP contribution is -1.99. The Balaban J connectivity index is 2.09. The van der Waals surface area contributed by atoms with Gasteiger partial charge in [-0.3, -0.25) is 0 Å². The van der Waals surface area contributed by atoms with Crippen LogP contribution in [0.5, 0.6) is 0 Å². The van der Waals surface area contributed by atoms with Crippen LogP contribution in [-0.2, 0) is 6.54 Å². The first-order valence-electron chi connectivity index (χ1n) is 5.19. The van der Waals surface area contributed by atoms with Gasteiger partial charge in [0.15, 0.2) is 0 Å². The van der Waals surface area contributed by atoms with Gasteiger partial charge in [-0.05, 0) is 51.8 Å². The normalized spacial score (nSPS) is 10.4. The Hall–Kier alpha value is -0.410. The fourth-order valence-electron chi connectivity index (χ4n) is 1.47. The Morgan fingerprint density at radius 1 is 0.944 bits per heavy atom. The molecule has 0 heterocycles. The smallest absolute Gasteiger partial charge is 0.0568 e. The molecule has 0 radical (unpaired) electrons. The molecule has 0 spiro atoms. The lowest BCUT2D eigenvalue weighted by Gasteiger charge is -2.09. The molecule has 5 heteroatoms. The third-order valence-electron chi connectivity index (χ3n) is 2.42. The molecule has 2 rings (SSSR count). The minimum Gasteiger partial charge on any atom is -0.381 e. The Morgan fingerprint density at radius 3 is 2.39 bits per heavy atom. The van der Waals surface area contributed by atoms with Crippen molar-refractivity contribution in [2.24, 2.45) is 0 Å². The van der Waals surface area contributed by atoms with Gasteiger partial charge in [-0.1, -0.05) is 40.9 Å². The second-order valence-electron chi connectivity index (χ2n) is 3.72. The molecule has 0 aliphatic carbocycles. The van der Waals surface area contributed by atoms with E-state index in [-0.39, 0.29) is 0 Å². The molecule has 0 fully saturated rings. The molecular formula is C13H9BrCl3N. The van der Waals surface area contributed by atoms with E-state index in [0.717, 1.165) is 15.7 Å². The molecule has 0 saturated heterocycles. The van der Waals surface area contributed by atoms with E-state index >= 15 is 0 Å². The van der Waals surface area contributed by atoms with Gasteiger partial charge >= 0.3 is 0 Å². The Bertz CT molecular complexity index is 572. The van der Waals surface area contributed by atoms with Gasteiger partial charge in [0.05, 0.1) is 5.02 Å². The molecule has 0 amide bonds. The number of nitrogens with one attached hydrogen (secondary N) is 1. The van der Waals surface area contributed by atoms with Crippen molar-refractivity contribution in [2.75, 3.05) is 5.32 Å². The molecule has 2 aromatic rings. The zero-order valence-electron chi connectivity index (χ0n) is 9.18. The first kappa shape index (κ1) is 14.0. The number of hydrogen-bond acceptors (Lipinski definition) is 1. The molecular weight excluding hydrogens is 356 g/mol.